The third kappa shape index (κ3) is 2.27. The summed E-state index contributed by atoms with van der Waals surface area (Å²) in [5, 5.41) is 2.86. The van der Waals surface area contributed by atoms with E-state index in [1.807, 2.05) is 0 Å². The van der Waals surface area contributed by atoms with Crippen LogP contribution in [0.25, 0.3) is 0 Å². The minimum Gasteiger partial charge on any atom is -0.326 e. The Bertz CT molecular complexity index is 806. The fraction of sp³-hybridized carbons (Fsp3) is 0.222. The lowest BCUT2D eigenvalue weighted by atomic mass is 9.85. The number of carbonyl (C=O) groups excluding carboxylic acids is 3. The summed E-state index contributed by atoms with van der Waals surface area (Å²) in [5.74, 6) is -0.679. The molecular formula is C18H15N3O3. The molecule has 0 unspecified atom stereocenters. The number of rotatable bonds is 3. The Morgan fingerprint density at radius 2 is 1.83 bits per heavy atom. The van der Waals surface area contributed by atoms with Crippen molar-refractivity contribution >= 4 is 29.1 Å². The highest BCUT2D eigenvalue weighted by atomic mass is 16.2. The fourth-order valence-electron chi connectivity index (χ4n) is 2.91. The second-order valence-electron chi connectivity index (χ2n) is 6.01. The van der Waals surface area contributed by atoms with Crippen LogP contribution < -0.4 is 10.2 Å². The molecule has 1 aliphatic carbocycles. The quantitative estimate of drug-likeness (QED) is 0.881. The second-order valence-corrected chi connectivity index (χ2v) is 6.01. The summed E-state index contributed by atoms with van der Waals surface area (Å²) in [5.41, 5.74) is 1.60. The number of aromatic nitrogens is 1. The number of nitrogens with zero attached hydrogens (tertiary/aromatic N) is 2. The summed E-state index contributed by atoms with van der Waals surface area (Å²) in [6.07, 6.45) is 4.47. The van der Waals surface area contributed by atoms with E-state index in [0.717, 1.165) is 24.2 Å². The lowest BCUT2D eigenvalue weighted by Crippen LogP contribution is -2.29. The maximum absolute atomic E-state index is 12.4. The van der Waals surface area contributed by atoms with E-state index >= 15 is 0 Å². The minimum atomic E-state index is -0.429. The lowest BCUT2D eigenvalue weighted by molar-refractivity contribution is -0.122. The summed E-state index contributed by atoms with van der Waals surface area (Å²) in [4.78, 5) is 41.8. The van der Waals surface area contributed by atoms with Crippen LogP contribution in [0.5, 0.6) is 0 Å². The molecule has 2 aromatic rings. The van der Waals surface area contributed by atoms with Crippen molar-refractivity contribution in [2.45, 2.75) is 19.3 Å². The Morgan fingerprint density at radius 1 is 1.08 bits per heavy atom. The fourth-order valence-corrected chi connectivity index (χ4v) is 2.91. The SMILES string of the molecule is O=C(Nc1ccc(N2C(=O)c3cccnc3C2=O)cc1)C1CCC1. The van der Waals surface area contributed by atoms with Crippen LogP contribution in [0.2, 0.25) is 0 Å². The third-order valence-electron chi connectivity index (χ3n) is 4.52. The largest absolute Gasteiger partial charge is 0.326 e. The van der Waals surface area contributed by atoms with E-state index in [9.17, 15) is 14.4 Å². The molecule has 6 nitrogen and oxygen atoms in total. The number of hydrogen-bond acceptors (Lipinski definition) is 4. The molecule has 1 aliphatic heterocycles. The molecule has 24 heavy (non-hydrogen) atoms. The van der Waals surface area contributed by atoms with Crippen molar-refractivity contribution in [1.82, 2.24) is 4.98 Å². The molecular weight excluding hydrogens is 306 g/mol. The van der Waals surface area contributed by atoms with Gasteiger partial charge >= 0.3 is 0 Å². The van der Waals surface area contributed by atoms with Gasteiger partial charge in [-0.15, -0.1) is 0 Å². The van der Waals surface area contributed by atoms with E-state index in [1.54, 1.807) is 36.4 Å². The average molecular weight is 321 g/mol. The normalized spacial score (nSPS) is 16.8. The number of amides is 3. The van der Waals surface area contributed by atoms with Gasteiger partial charge in [-0.05, 0) is 49.2 Å². The molecule has 1 aromatic heterocycles. The number of fused-ring (bicyclic) bond motifs is 1. The highest BCUT2D eigenvalue weighted by Crippen LogP contribution is 2.30. The summed E-state index contributed by atoms with van der Waals surface area (Å²) < 4.78 is 0. The number of carbonyl (C=O) groups is 3. The summed E-state index contributed by atoms with van der Waals surface area (Å²) >= 11 is 0. The van der Waals surface area contributed by atoms with Gasteiger partial charge in [0, 0.05) is 17.8 Å². The van der Waals surface area contributed by atoms with Gasteiger partial charge in [0.2, 0.25) is 5.91 Å². The first-order valence-corrected chi connectivity index (χ1v) is 7.90. The Labute approximate surface area is 138 Å². The van der Waals surface area contributed by atoms with Gasteiger partial charge in [0.25, 0.3) is 11.8 Å². The maximum Gasteiger partial charge on any atom is 0.284 e. The van der Waals surface area contributed by atoms with Gasteiger partial charge in [-0.25, -0.2) is 4.90 Å². The number of imide groups is 1. The van der Waals surface area contributed by atoms with Crippen LogP contribution in [0, 0.1) is 5.92 Å². The molecule has 3 amide bonds. The minimum absolute atomic E-state index is 0.0268. The molecule has 4 rings (SSSR count). The third-order valence-corrected chi connectivity index (χ3v) is 4.52. The van der Waals surface area contributed by atoms with E-state index in [-0.39, 0.29) is 23.4 Å². The Morgan fingerprint density at radius 3 is 2.46 bits per heavy atom. The van der Waals surface area contributed by atoms with Crippen LogP contribution in [0.4, 0.5) is 11.4 Å². The topological polar surface area (TPSA) is 79.4 Å². The predicted octanol–water partition coefficient (Wildman–Crippen LogP) is 2.62. The zero-order valence-corrected chi connectivity index (χ0v) is 12.9. The molecule has 2 aliphatic rings. The Hall–Kier alpha value is -3.02. The van der Waals surface area contributed by atoms with Crippen molar-refractivity contribution in [2.75, 3.05) is 10.2 Å². The predicted molar refractivity (Wildman–Crippen MR) is 87.8 cm³/mol. The highest BCUT2D eigenvalue weighted by Gasteiger charge is 2.37. The number of hydrogen-bond donors (Lipinski definition) is 1. The van der Waals surface area contributed by atoms with Gasteiger partial charge < -0.3 is 5.32 Å². The van der Waals surface area contributed by atoms with Crippen LogP contribution in [0.15, 0.2) is 42.6 Å². The molecule has 0 radical (unpaired) electrons. The van der Waals surface area contributed by atoms with Crippen LogP contribution in [-0.2, 0) is 4.79 Å². The van der Waals surface area contributed by atoms with Crippen LogP contribution in [0.1, 0.15) is 40.1 Å². The number of benzene rings is 1. The molecule has 0 bridgehead atoms. The first-order chi connectivity index (χ1) is 11.6. The van der Waals surface area contributed by atoms with E-state index < -0.39 is 5.91 Å². The van der Waals surface area contributed by atoms with E-state index in [2.05, 4.69) is 10.3 Å². The van der Waals surface area contributed by atoms with Crippen LogP contribution >= 0.6 is 0 Å². The van der Waals surface area contributed by atoms with Crippen molar-refractivity contribution < 1.29 is 14.4 Å². The van der Waals surface area contributed by atoms with Gasteiger partial charge in [-0.1, -0.05) is 6.42 Å². The van der Waals surface area contributed by atoms with Crippen molar-refractivity contribution in [2.24, 2.45) is 5.92 Å². The van der Waals surface area contributed by atoms with Gasteiger partial charge in [0.15, 0.2) is 0 Å². The molecule has 0 spiro atoms. The van der Waals surface area contributed by atoms with Crippen molar-refractivity contribution in [3.05, 3.63) is 53.9 Å². The number of nitrogens with one attached hydrogen (secondary N) is 1. The van der Waals surface area contributed by atoms with E-state index in [0.29, 0.717) is 16.9 Å². The zero-order valence-electron chi connectivity index (χ0n) is 12.9. The van der Waals surface area contributed by atoms with Crippen molar-refractivity contribution in [3.8, 4) is 0 Å². The van der Waals surface area contributed by atoms with E-state index in [4.69, 9.17) is 0 Å². The van der Waals surface area contributed by atoms with Crippen LogP contribution in [-0.4, -0.2) is 22.7 Å². The van der Waals surface area contributed by atoms with Gasteiger partial charge in [0.05, 0.1) is 11.3 Å². The first-order valence-electron chi connectivity index (χ1n) is 7.90. The summed E-state index contributed by atoms with van der Waals surface area (Å²) in [6, 6.07) is 9.92. The van der Waals surface area contributed by atoms with Gasteiger partial charge in [-0.2, -0.15) is 0 Å². The summed E-state index contributed by atoms with van der Waals surface area (Å²) in [6.45, 7) is 0. The number of anilines is 2. The second kappa shape index (κ2) is 5.56. The Balaban J connectivity index is 1.54. The van der Waals surface area contributed by atoms with Crippen LogP contribution in [0.3, 0.4) is 0 Å². The van der Waals surface area contributed by atoms with Crippen molar-refractivity contribution in [1.29, 1.82) is 0 Å². The maximum atomic E-state index is 12.4. The standard InChI is InChI=1S/C18H15N3O3/c22-16(11-3-1-4-11)20-12-6-8-13(9-7-12)21-17(23)14-5-2-10-19-15(14)18(21)24/h2,5-11H,1,3-4H2,(H,20,22). The monoisotopic (exact) mass is 321 g/mol. The molecule has 2 heterocycles. The molecule has 1 N–H and O–H groups in total. The zero-order chi connectivity index (χ0) is 16.7. The molecule has 1 fully saturated rings. The molecule has 1 aromatic carbocycles. The molecule has 0 saturated heterocycles. The lowest BCUT2D eigenvalue weighted by Gasteiger charge is -2.24. The smallest absolute Gasteiger partial charge is 0.284 e. The highest BCUT2D eigenvalue weighted by molar-refractivity contribution is 6.33. The Kier molecular flexibility index (Phi) is 3.37. The van der Waals surface area contributed by atoms with Gasteiger partial charge in [-0.3, -0.25) is 19.4 Å². The van der Waals surface area contributed by atoms with Crippen molar-refractivity contribution in [3.63, 3.8) is 0 Å². The van der Waals surface area contributed by atoms with Gasteiger partial charge in [0.1, 0.15) is 5.69 Å². The number of pyridine rings is 1. The molecule has 1 saturated carbocycles. The summed E-state index contributed by atoms with van der Waals surface area (Å²) in [7, 11) is 0. The molecule has 120 valence electrons. The average Bonchev–Trinajstić information content (AvgIpc) is 2.79. The molecule has 0 atom stereocenters. The molecule has 6 heteroatoms. The first kappa shape index (κ1) is 14.6. The van der Waals surface area contributed by atoms with E-state index in [1.165, 1.54) is 6.20 Å².